The Hall–Kier alpha value is -4.07. The van der Waals surface area contributed by atoms with Crippen molar-refractivity contribution in [3.63, 3.8) is 0 Å². The van der Waals surface area contributed by atoms with Gasteiger partial charge in [-0.3, -0.25) is 9.59 Å². The molecule has 0 fully saturated rings. The highest BCUT2D eigenvalue weighted by molar-refractivity contribution is 6.27. The number of nitrogens with zero attached hydrogens (tertiary/aromatic N) is 3. The number of oxazole rings is 1. The maximum Gasteiger partial charge on any atom is 0.338 e. The first-order chi connectivity index (χ1) is 15.8. The lowest BCUT2D eigenvalue weighted by molar-refractivity contribution is -0.128. The number of rotatable bonds is 7. The number of aromatic nitrogens is 1. The van der Waals surface area contributed by atoms with Crippen LogP contribution in [-0.2, 0) is 20.7 Å². The number of ether oxygens (including phenoxy) is 1. The molecule has 1 aliphatic heterocycles. The molecule has 168 valence electrons. The molecule has 0 aliphatic carbocycles. The molecule has 1 atom stereocenters. The maximum atomic E-state index is 13.1. The Morgan fingerprint density at radius 3 is 2.67 bits per heavy atom. The average Bonchev–Trinajstić information content (AvgIpc) is 3.42. The predicted molar refractivity (Wildman–Crippen MR) is 122 cm³/mol. The Balaban J connectivity index is 1.51. The molecular formula is C25H23N3O5. The van der Waals surface area contributed by atoms with Crippen LogP contribution >= 0.6 is 0 Å². The Labute approximate surface area is 190 Å². The molecule has 0 saturated carbocycles. The smallest absolute Gasteiger partial charge is 0.338 e. The second-order valence-electron chi connectivity index (χ2n) is 8.01. The Kier molecular flexibility index (Phi) is 6.17. The van der Waals surface area contributed by atoms with Crippen LogP contribution in [0.3, 0.4) is 0 Å². The Morgan fingerprint density at radius 2 is 1.94 bits per heavy atom. The van der Waals surface area contributed by atoms with Crippen LogP contribution in [0.5, 0.6) is 0 Å². The Bertz CT molecular complexity index is 1230. The van der Waals surface area contributed by atoms with Gasteiger partial charge in [0.1, 0.15) is 12.2 Å². The third kappa shape index (κ3) is 4.74. The summed E-state index contributed by atoms with van der Waals surface area (Å²) in [6.07, 6.45) is 2.83. The van der Waals surface area contributed by atoms with Crippen molar-refractivity contribution in [1.82, 2.24) is 4.98 Å². The molecule has 0 bridgehead atoms. The number of hydrogen-bond acceptors (Lipinski definition) is 7. The summed E-state index contributed by atoms with van der Waals surface area (Å²) in [6, 6.07) is 13.7. The number of anilines is 1. The van der Waals surface area contributed by atoms with E-state index in [4.69, 9.17) is 9.15 Å². The topological polar surface area (TPSA) is 102 Å². The summed E-state index contributed by atoms with van der Waals surface area (Å²) in [7, 11) is 0. The molecule has 0 saturated heterocycles. The molecule has 2 aromatic carbocycles. The first-order valence-electron chi connectivity index (χ1n) is 10.5. The third-order valence-corrected chi connectivity index (χ3v) is 5.11. The highest BCUT2D eigenvalue weighted by atomic mass is 16.5. The molecule has 0 radical (unpaired) electrons. The number of benzene rings is 2. The average molecular weight is 445 g/mol. The van der Waals surface area contributed by atoms with Gasteiger partial charge in [0, 0.05) is 12.0 Å². The lowest BCUT2D eigenvalue weighted by Crippen LogP contribution is -2.33. The van der Waals surface area contributed by atoms with E-state index in [0.717, 1.165) is 11.1 Å². The molecule has 8 nitrogen and oxygen atoms in total. The van der Waals surface area contributed by atoms with Crippen molar-refractivity contribution in [3.05, 3.63) is 72.1 Å². The van der Waals surface area contributed by atoms with Gasteiger partial charge >= 0.3 is 5.97 Å². The second kappa shape index (κ2) is 9.20. The van der Waals surface area contributed by atoms with Crippen LogP contribution in [0.4, 0.5) is 5.69 Å². The molecule has 1 amide bonds. The minimum Gasteiger partial charge on any atom is -0.459 e. The lowest BCUT2D eigenvalue weighted by Gasteiger charge is -2.15. The van der Waals surface area contributed by atoms with Crippen molar-refractivity contribution >= 4 is 29.1 Å². The molecular weight excluding hydrogens is 422 g/mol. The normalized spacial score (nSPS) is 15.6. The summed E-state index contributed by atoms with van der Waals surface area (Å²) in [6.45, 7) is 5.17. The molecule has 1 aromatic heterocycles. The maximum absolute atomic E-state index is 13.1. The highest BCUT2D eigenvalue weighted by Gasteiger charge is 2.39. The minimum absolute atomic E-state index is 0.0619. The van der Waals surface area contributed by atoms with Gasteiger partial charge in [0.05, 0.1) is 29.3 Å². The first kappa shape index (κ1) is 22.1. The number of carbonyl (C=O) groups is 3. The standard InChI is InChI=1S/C25H23N3O5/c1-15(2)33-25(31)19-8-5-9-20(14-19)28-24(30)22(16(3)27-28)21(29)13-17-6-4-7-18(12-17)23-26-10-11-32-23/h4-12,14-15,22H,13H2,1-3H3. The van der Waals surface area contributed by atoms with Gasteiger partial charge in [0.2, 0.25) is 5.89 Å². The van der Waals surface area contributed by atoms with E-state index >= 15 is 0 Å². The summed E-state index contributed by atoms with van der Waals surface area (Å²) >= 11 is 0. The van der Waals surface area contributed by atoms with E-state index in [2.05, 4.69) is 10.1 Å². The molecule has 0 spiro atoms. The van der Waals surface area contributed by atoms with E-state index in [1.54, 1.807) is 45.2 Å². The van der Waals surface area contributed by atoms with Gasteiger partial charge in [-0.15, -0.1) is 0 Å². The molecule has 4 rings (SSSR count). The SMILES string of the molecule is CC1=NN(c2cccc(C(=O)OC(C)C)c2)C(=O)C1C(=O)Cc1cccc(-c2ncco2)c1. The number of Topliss-reactive ketones (excluding diaryl/α,β-unsaturated/α-hetero) is 1. The van der Waals surface area contributed by atoms with Gasteiger partial charge in [0.25, 0.3) is 5.91 Å². The van der Waals surface area contributed by atoms with Crippen LogP contribution in [0.25, 0.3) is 11.5 Å². The van der Waals surface area contributed by atoms with Gasteiger partial charge in [-0.05, 0) is 56.7 Å². The van der Waals surface area contributed by atoms with Gasteiger partial charge in [0.15, 0.2) is 5.78 Å². The third-order valence-electron chi connectivity index (χ3n) is 5.11. The van der Waals surface area contributed by atoms with Crippen molar-refractivity contribution in [3.8, 4) is 11.5 Å². The minimum atomic E-state index is -0.985. The van der Waals surface area contributed by atoms with E-state index in [1.165, 1.54) is 17.3 Å². The molecule has 0 N–H and O–H groups in total. The van der Waals surface area contributed by atoms with Crippen molar-refractivity contribution < 1.29 is 23.5 Å². The molecule has 8 heteroatoms. The fourth-order valence-electron chi connectivity index (χ4n) is 3.65. The number of hydrazone groups is 1. The number of amides is 1. The molecule has 33 heavy (non-hydrogen) atoms. The van der Waals surface area contributed by atoms with Crippen LogP contribution in [-0.4, -0.2) is 34.5 Å². The highest BCUT2D eigenvalue weighted by Crippen LogP contribution is 2.27. The number of hydrogen-bond donors (Lipinski definition) is 0. The van der Waals surface area contributed by atoms with Crippen molar-refractivity contribution in [2.45, 2.75) is 33.3 Å². The van der Waals surface area contributed by atoms with Crippen LogP contribution in [0.2, 0.25) is 0 Å². The predicted octanol–water partition coefficient (Wildman–Crippen LogP) is 4.06. The van der Waals surface area contributed by atoms with Crippen LogP contribution in [0.1, 0.15) is 36.7 Å². The summed E-state index contributed by atoms with van der Waals surface area (Å²) in [4.78, 5) is 42.5. The van der Waals surface area contributed by atoms with Crippen molar-refractivity contribution in [2.24, 2.45) is 11.0 Å². The molecule has 3 aromatic rings. The zero-order chi connectivity index (χ0) is 23.5. The monoisotopic (exact) mass is 445 g/mol. The molecule has 1 aliphatic rings. The number of carbonyl (C=O) groups excluding carboxylic acids is 3. The van der Waals surface area contributed by atoms with Gasteiger partial charge in [-0.25, -0.2) is 9.78 Å². The zero-order valence-corrected chi connectivity index (χ0v) is 18.5. The van der Waals surface area contributed by atoms with E-state index in [-0.39, 0.29) is 18.3 Å². The van der Waals surface area contributed by atoms with E-state index in [0.29, 0.717) is 22.9 Å². The number of esters is 1. The largest absolute Gasteiger partial charge is 0.459 e. The van der Waals surface area contributed by atoms with Gasteiger partial charge < -0.3 is 9.15 Å². The van der Waals surface area contributed by atoms with Crippen LogP contribution in [0, 0.1) is 5.92 Å². The van der Waals surface area contributed by atoms with Crippen molar-refractivity contribution in [2.75, 3.05) is 5.01 Å². The lowest BCUT2D eigenvalue weighted by atomic mass is 9.93. The Morgan fingerprint density at radius 1 is 1.15 bits per heavy atom. The van der Waals surface area contributed by atoms with Crippen molar-refractivity contribution in [1.29, 1.82) is 0 Å². The molecule has 2 heterocycles. The van der Waals surface area contributed by atoms with Gasteiger partial charge in [-0.2, -0.15) is 10.1 Å². The zero-order valence-electron chi connectivity index (χ0n) is 18.5. The fraction of sp³-hybridized carbons (Fsp3) is 0.240. The number of ketones is 1. The van der Waals surface area contributed by atoms with E-state index < -0.39 is 17.8 Å². The second-order valence-corrected chi connectivity index (χ2v) is 8.01. The summed E-state index contributed by atoms with van der Waals surface area (Å²) < 4.78 is 10.5. The van der Waals surface area contributed by atoms with Crippen LogP contribution in [0.15, 0.2) is 70.5 Å². The van der Waals surface area contributed by atoms with Crippen LogP contribution < -0.4 is 5.01 Å². The summed E-state index contributed by atoms with van der Waals surface area (Å²) in [5.74, 6) is -1.72. The van der Waals surface area contributed by atoms with E-state index in [1.807, 2.05) is 24.3 Å². The fourth-order valence-corrected chi connectivity index (χ4v) is 3.65. The van der Waals surface area contributed by atoms with E-state index in [9.17, 15) is 14.4 Å². The van der Waals surface area contributed by atoms with Gasteiger partial charge in [-0.1, -0.05) is 18.2 Å². The molecule has 1 unspecified atom stereocenters. The first-order valence-corrected chi connectivity index (χ1v) is 10.5. The quantitative estimate of drug-likeness (QED) is 0.401. The summed E-state index contributed by atoms with van der Waals surface area (Å²) in [5.41, 5.74) is 2.61. The summed E-state index contributed by atoms with van der Waals surface area (Å²) in [5, 5.41) is 5.48.